The molecule has 0 aliphatic heterocycles. The minimum atomic E-state index is 0.690. The Kier molecular flexibility index (Phi) is 3.14. The van der Waals surface area contributed by atoms with E-state index in [9.17, 15) is 0 Å². The Hall–Kier alpha value is -1.49. The maximum atomic E-state index is 5.25. The van der Waals surface area contributed by atoms with Crippen molar-refractivity contribution in [3.05, 3.63) is 29.1 Å². The first-order valence-electron chi connectivity index (χ1n) is 4.66. The number of hydrogen-bond acceptors (Lipinski definition) is 3. The van der Waals surface area contributed by atoms with Crippen LogP contribution in [0.15, 0.2) is 29.1 Å². The number of nitrogens with zero attached hydrogens (tertiary/aromatic N) is 1. The van der Waals surface area contributed by atoms with E-state index >= 15 is 0 Å². The van der Waals surface area contributed by atoms with E-state index in [1.54, 1.807) is 26.7 Å². The summed E-state index contributed by atoms with van der Waals surface area (Å²) in [5.41, 5.74) is 1.91. The first-order valence-corrected chi connectivity index (χ1v) is 5.46. The van der Waals surface area contributed by atoms with Gasteiger partial charge in [0.1, 0.15) is 0 Å². The van der Waals surface area contributed by atoms with E-state index in [0.29, 0.717) is 11.5 Å². The highest BCUT2D eigenvalue weighted by Crippen LogP contribution is 2.37. The number of hydrogen-bond donors (Lipinski definition) is 1. The maximum absolute atomic E-state index is 5.25. The minimum Gasteiger partial charge on any atom is -0.493 e. The Balaban J connectivity index is 2.55. The molecule has 1 heterocycles. The van der Waals surface area contributed by atoms with Crippen molar-refractivity contribution in [1.29, 1.82) is 0 Å². The molecule has 0 amide bonds. The van der Waals surface area contributed by atoms with E-state index in [-0.39, 0.29) is 0 Å². The molecular weight excluding hydrogens is 272 g/mol. The van der Waals surface area contributed by atoms with Crippen LogP contribution in [0.1, 0.15) is 0 Å². The lowest BCUT2D eigenvalue weighted by Crippen LogP contribution is -1.92. The highest BCUT2D eigenvalue weighted by atomic mass is 79.9. The van der Waals surface area contributed by atoms with Gasteiger partial charge in [0.15, 0.2) is 11.5 Å². The van der Waals surface area contributed by atoms with Crippen LogP contribution in [-0.2, 0) is 0 Å². The van der Waals surface area contributed by atoms with Gasteiger partial charge in [0, 0.05) is 10.0 Å². The number of ether oxygens (including phenoxy) is 2. The third-order valence-corrected chi connectivity index (χ3v) is 2.92. The Morgan fingerprint density at radius 3 is 2.44 bits per heavy atom. The predicted octanol–water partition coefficient (Wildman–Crippen LogP) is 2.86. The topological polar surface area (TPSA) is 47.1 Å². The molecule has 0 aliphatic rings. The van der Waals surface area contributed by atoms with Crippen LogP contribution < -0.4 is 9.47 Å². The molecule has 1 aromatic carbocycles. The monoisotopic (exact) mass is 282 g/mol. The molecule has 5 heteroatoms. The number of aromatic amines is 1. The molecule has 1 aromatic heterocycles. The number of nitrogens with one attached hydrogen (secondary N) is 1. The van der Waals surface area contributed by atoms with E-state index in [1.807, 2.05) is 12.1 Å². The van der Waals surface area contributed by atoms with Gasteiger partial charge in [-0.05, 0) is 28.1 Å². The van der Waals surface area contributed by atoms with Crippen LogP contribution >= 0.6 is 15.9 Å². The largest absolute Gasteiger partial charge is 0.493 e. The van der Waals surface area contributed by atoms with Crippen molar-refractivity contribution in [2.45, 2.75) is 0 Å². The fourth-order valence-electron chi connectivity index (χ4n) is 1.46. The van der Waals surface area contributed by atoms with Gasteiger partial charge < -0.3 is 14.5 Å². The van der Waals surface area contributed by atoms with Crippen molar-refractivity contribution in [3.63, 3.8) is 0 Å². The average molecular weight is 283 g/mol. The quantitative estimate of drug-likeness (QED) is 0.942. The summed E-state index contributed by atoms with van der Waals surface area (Å²) in [6.07, 6.45) is 3.39. The summed E-state index contributed by atoms with van der Waals surface area (Å²) in [5.74, 6) is 1.38. The third-order valence-electron chi connectivity index (χ3n) is 2.26. The van der Waals surface area contributed by atoms with Gasteiger partial charge >= 0.3 is 0 Å². The first kappa shape index (κ1) is 11.0. The van der Waals surface area contributed by atoms with Crippen molar-refractivity contribution >= 4 is 15.9 Å². The number of benzene rings is 1. The molecule has 84 valence electrons. The second kappa shape index (κ2) is 4.57. The molecule has 2 aromatic rings. The van der Waals surface area contributed by atoms with Gasteiger partial charge in [-0.15, -0.1) is 0 Å². The molecule has 0 saturated heterocycles. The number of rotatable bonds is 3. The van der Waals surface area contributed by atoms with Crippen molar-refractivity contribution < 1.29 is 9.47 Å². The normalized spacial score (nSPS) is 10.2. The van der Waals surface area contributed by atoms with E-state index in [2.05, 4.69) is 25.9 Å². The van der Waals surface area contributed by atoms with Gasteiger partial charge in [-0.2, -0.15) is 0 Å². The molecule has 0 radical (unpaired) electrons. The lowest BCUT2D eigenvalue weighted by Gasteiger charge is -2.10. The highest BCUT2D eigenvalue weighted by molar-refractivity contribution is 9.10. The highest BCUT2D eigenvalue weighted by Gasteiger charge is 2.11. The van der Waals surface area contributed by atoms with E-state index < -0.39 is 0 Å². The number of methoxy groups -OCH3 is 2. The Morgan fingerprint density at radius 1 is 1.19 bits per heavy atom. The minimum absolute atomic E-state index is 0.690. The zero-order valence-electron chi connectivity index (χ0n) is 8.95. The van der Waals surface area contributed by atoms with Crippen LogP contribution in [0.5, 0.6) is 11.5 Å². The van der Waals surface area contributed by atoms with Crippen molar-refractivity contribution in [2.75, 3.05) is 14.2 Å². The third kappa shape index (κ3) is 1.90. The summed E-state index contributed by atoms with van der Waals surface area (Å²) >= 11 is 3.49. The number of H-pyrrole nitrogens is 1. The van der Waals surface area contributed by atoms with Gasteiger partial charge in [-0.1, -0.05) is 0 Å². The van der Waals surface area contributed by atoms with Crippen LogP contribution in [0.25, 0.3) is 11.3 Å². The van der Waals surface area contributed by atoms with Crippen LogP contribution in [0.4, 0.5) is 0 Å². The average Bonchev–Trinajstić information content (AvgIpc) is 2.82. The molecule has 0 saturated carbocycles. The molecule has 0 bridgehead atoms. The standard InChI is InChI=1S/C11H11BrN2O2/c1-15-10-3-7(9-5-13-6-14-9)8(12)4-11(10)16-2/h3-6H,1-2H3,(H,13,14). The van der Waals surface area contributed by atoms with Crippen molar-refractivity contribution in [1.82, 2.24) is 9.97 Å². The molecular formula is C11H11BrN2O2. The fraction of sp³-hybridized carbons (Fsp3) is 0.182. The molecule has 1 N–H and O–H groups in total. The van der Waals surface area contributed by atoms with E-state index in [4.69, 9.17) is 9.47 Å². The van der Waals surface area contributed by atoms with Gasteiger partial charge in [-0.3, -0.25) is 0 Å². The molecule has 0 unspecified atom stereocenters. The summed E-state index contributed by atoms with van der Waals surface area (Å²) in [6.45, 7) is 0. The maximum Gasteiger partial charge on any atom is 0.161 e. The molecule has 2 rings (SSSR count). The molecule has 0 spiro atoms. The van der Waals surface area contributed by atoms with Gasteiger partial charge in [0.25, 0.3) is 0 Å². The van der Waals surface area contributed by atoms with Gasteiger partial charge in [0.05, 0.1) is 32.4 Å². The molecule has 0 aliphatic carbocycles. The SMILES string of the molecule is COc1cc(Br)c(-c2cnc[nH]2)cc1OC. The summed E-state index contributed by atoms with van der Waals surface area (Å²) in [6, 6.07) is 3.77. The van der Waals surface area contributed by atoms with Crippen LogP contribution in [0.2, 0.25) is 0 Å². The van der Waals surface area contributed by atoms with E-state index in [1.165, 1.54) is 0 Å². The number of halogens is 1. The predicted molar refractivity (Wildman–Crippen MR) is 64.8 cm³/mol. The summed E-state index contributed by atoms with van der Waals surface area (Å²) < 4.78 is 11.4. The lowest BCUT2D eigenvalue weighted by atomic mass is 10.1. The Labute approximate surface area is 102 Å². The first-order chi connectivity index (χ1) is 7.76. The second-order valence-electron chi connectivity index (χ2n) is 3.15. The summed E-state index contributed by atoms with van der Waals surface area (Å²) in [5, 5.41) is 0. The van der Waals surface area contributed by atoms with Crippen molar-refractivity contribution in [2.24, 2.45) is 0 Å². The second-order valence-corrected chi connectivity index (χ2v) is 4.01. The molecule has 0 atom stereocenters. The van der Waals surface area contributed by atoms with E-state index in [0.717, 1.165) is 15.7 Å². The van der Waals surface area contributed by atoms with Crippen molar-refractivity contribution in [3.8, 4) is 22.8 Å². The zero-order chi connectivity index (χ0) is 11.5. The summed E-state index contributed by atoms with van der Waals surface area (Å²) in [7, 11) is 3.22. The molecule has 16 heavy (non-hydrogen) atoms. The van der Waals surface area contributed by atoms with Gasteiger partial charge in [-0.25, -0.2) is 4.98 Å². The fourth-order valence-corrected chi connectivity index (χ4v) is 2.00. The van der Waals surface area contributed by atoms with Crippen LogP contribution in [-0.4, -0.2) is 24.2 Å². The molecule has 4 nitrogen and oxygen atoms in total. The smallest absolute Gasteiger partial charge is 0.161 e. The Morgan fingerprint density at radius 2 is 1.88 bits per heavy atom. The van der Waals surface area contributed by atoms with Gasteiger partial charge in [0.2, 0.25) is 0 Å². The lowest BCUT2D eigenvalue weighted by molar-refractivity contribution is 0.355. The molecule has 0 fully saturated rings. The van der Waals surface area contributed by atoms with Crippen LogP contribution in [0.3, 0.4) is 0 Å². The Bertz CT molecular complexity index is 483. The number of imidazole rings is 1. The zero-order valence-corrected chi connectivity index (χ0v) is 10.5. The van der Waals surface area contributed by atoms with Crippen LogP contribution in [0, 0.1) is 0 Å². The summed E-state index contributed by atoms with van der Waals surface area (Å²) in [4.78, 5) is 7.03. The number of aromatic nitrogens is 2.